The van der Waals surface area contributed by atoms with Crippen molar-refractivity contribution in [1.29, 1.82) is 0 Å². The highest BCUT2D eigenvalue weighted by Gasteiger charge is 2.32. The zero-order valence-electron chi connectivity index (χ0n) is 20.0. The van der Waals surface area contributed by atoms with Gasteiger partial charge in [-0.05, 0) is 65.9 Å². The minimum atomic E-state index is -0.679. The Labute approximate surface area is 205 Å². The van der Waals surface area contributed by atoms with E-state index >= 15 is 0 Å². The van der Waals surface area contributed by atoms with Gasteiger partial charge in [0.25, 0.3) is 5.91 Å². The van der Waals surface area contributed by atoms with E-state index < -0.39 is 12.1 Å². The Bertz CT molecular complexity index is 1190. The molecule has 0 radical (unpaired) electrons. The fourth-order valence-corrected chi connectivity index (χ4v) is 4.46. The summed E-state index contributed by atoms with van der Waals surface area (Å²) < 4.78 is 20.2. The molecule has 0 spiro atoms. The molecule has 0 aliphatic carbocycles. The number of carbonyl (C=O) groups excluding carboxylic acids is 2. The molecule has 1 aliphatic rings. The molecule has 7 heteroatoms. The van der Waals surface area contributed by atoms with E-state index in [1.165, 1.54) is 12.1 Å². The molecule has 1 aromatic heterocycles. The van der Waals surface area contributed by atoms with Crippen LogP contribution in [0.5, 0.6) is 5.75 Å². The van der Waals surface area contributed by atoms with Crippen LogP contribution in [0.4, 0.5) is 4.39 Å². The molecule has 0 bridgehead atoms. The number of carbonyl (C=O) groups is 2. The number of nitrogens with zero attached hydrogens (tertiary/aromatic N) is 2. The maximum Gasteiger partial charge on any atom is 0.261 e. The summed E-state index contributed by atoms with van der Waals surface area (Å²) in [6.45, 7) is 4.60. The van der Waals surface area contributed by atoms with E-state index in [1.54, 1.807) is 17.2 Å². The van der Waals surface area contributed by atoms with Crippen molar-refractivity contribution in [2.75, 3.05) is 6.54 Å². The van der Waals surface area contributed by atoms with Crippen molar-refractivity contribution in [3.63, 3.8) is 0 Å². The number of nitrogens with one attached hydrogen (secondary N) is 1. The first-order valence-electron chi connectivity index (χ1n) is 12.0. The van der Waals surface area contributed by atoms with E-state index in [2.05, 4.69) is 10.3 Å². The summed E-state index contributed by atoms with van der Waals surface area (Å²) in [6, 6.07) is 17.2. The molecule has 0 unspecified atom stereocenters. The maximum absolute atomic E-state index is 14.1. The van der Waals surface area contributed by atoms with Crippen molar-refractivity contribution in [3.05, 3.63) is 95.1 Å². The predicted molar refractivity (Wildman–Crippen MR) is 131 cm³/mol. The van der Waals surface area contributed by atoms with Crippen LogP contribution in [0.25, 0.3) is 0 Å². The molecule has 1 aliphatic heterocycles. The van der Waals surface area contributed by atoms with Gasteiger partial charge >= 0.3 is 0 Å². The molecule has 0 saturated carbocycles. The molecule has 35 heavy (non-hydrogen) atoms. The van der Waals surface area contributed by atoms with Gasteiger partial charge in [-0.1, -0.05) is 38.1 Å². The summed E-state index contributed by atoms with van der Waals surface area (Å²) in [6.07, 6.45) is 2.56. The van der Waals surface area contributed by atoms with Crippen LogP contribution in [0, 0.1) is 5.82 Å². The minimum absolute atomic E-state index is 0.0107. The molecular formula is C28H30FN3O3. The summed E-state index contributed by atoms with van der Waals surface area (Å²) in [7, 11) is 0. The summed E-state index contributed by atoms with van der Waals surface area (Å²) in [4.78, 5) is 31.6. The van der Waals surface area contributed by atoms with Crippen LogP contribution in [0.3, 0.4) is 0 Å². The molecular weight excluding hydrogens is 445 g/mol. The van der Waals surface area contributed by atoms with Gasteiger partial charge in [-0.2, -0.15) is 0 Å². The predicted octanol–water partition coefficient (Wildman–Crippen LogP) is 4.58. The van der Waals surface area contributed by atoms with Crippen molar-refractivity contribution in [2.24, 2.45) is 0 Å². The molecule has 2 aromatic carbocycles. The second-order valence-corrected chi connectivity index (χ2v) is 8.56. The third kappa shape index (κ3) is 5.67. The molecule has 6 nitrogen and oxygen atoms in total. The highest BCUT2D eigenvalue weighted by molar-refractivity contribution is 5.81. The lowest BCUT2D eigenvalue weighted by molar-refractivity contribution is -0.133. The van der Waals surface area contributed by atoms with E-state index in [1.807, 2.05) is 56.3 Å². The lowest BCUT2D eigenvalue weighted by Crippen LogP contribution is -2.40. The number of hydrogen-bond donors (Lipinski definition) is 1. The lowest BCUT2D eigenvalue weighted by atomic mass is 9.87. The zero-order valence-corrected chi connectivity index (χ0v) is 20.0. The first kappa shape index (κ1) is 24.4. The van der Waals surface area contributed by atoms with Crippen LogP contribution in [-0.4, -0.2) is 34.3 Å². The Morgan fingerprint density at radius 3 is 2.71 bits per heavy atom. The van der Waals surface area contributed by atoms with Crippen molar-refractivity contribution < 1.29 is 18.7 Å². The van der Waals surface area contributed by atoms with Crippen molar-refractivity contribution in [2.45, 2.75) is 51.8 Å². The highest BCUT2D eigenvalue weighted by atomic mass is 19.1. The number of aromatic nitrogens is 1. The maximum atomic E-state index is 14.1. The van der Waals surface area contributed by atoms with Crippen LogP contribution in [-0.2, 0) is 22.6 Å². The lowest BCUT2D eigenvalue weighted by Gasteiger charge is -2.38. The summed E-state index contributed by atoms with van der Waals surface area (Å²) >= 11 is 0. The summed E-state index contributed by atoms with van der Waals surface area (Å²) in [5, 5.41) is 2.88. The first-order valence-corrected chi connectivity index (χ1v) is 12.0. The topological polar surface area (TPSA) is 71.5 Å². The standard InChI is InChI=1S/C28H30FN3O3/c1-3-25(28(34)31-18-22-10-5-6-14-30-22)35-23-12-11-19-13-15-32(26(33)4-2)27(24(19)17-23)20-8-7-9-21(29)16-20/h5-12,14,16-17,25,27H,3-4,13,15,18H2,1-2H3,(H,31,34)/t25-,27-/m1/s1. The quantitative estimate of drug-likeness (QED) is 0.518. The van der Waals surface area contributed by atoms with Gasteiger partial charge in [0.1, 0.15) is 11.6 Å². The van der Waals surface area contributed by atoms with Gasteiger partial charge in [0.2, 0.25) is 5.91 Å². The van der Waals surface area contributed by atoms with Gasteiger partial charge in [0.15, 0.2) is 6.10 Å². The number of pyridine rings is 1. The fourth-order valence-electron chi connectivity index (χ4n) is 4.46. The first-order chi connectivity index (χ1) is 17.0. The Kier molecular flexibility index (Phi) is 7.75. The van der Waals surface area contributed by atoms with Gasteiger partial charge in [0.05, 0.1) is 18.3 Å². The second kappa shape index (κ2) is 11.1. The van der Waals surface area contributed by atoms with Crippen LogP contribution in [0.1, 0.15) is 55.1 Å². The Hall–Kier alpha value is -3.74. The molecule has 4 rings (SSSR count). The minimum Gasteiger partial charge on any atom is -0.481 e. The Morgan fingerprint density at radius 2 is 2.00 bits per heavy atom. The Balaban J connectivity index is 1.58. The molecule has 2 atom stereocenters. The highest BCUT2D eigenvalue weighted by Crippen LogP contribution is 2.38. The third-order valence-corrected chi connectivity index (χ3v) is 6.24. The van der Waals surface area contributed by atoms with E-state index in [9.17, 15) is 14.0 Å². The number of halogens is 1. The zero-order chi connectivity index (χ0) is 24.8. The van der Waals surface area contributed by atoms with E-state index in [0.29, 0.717) is 43.7 Å². The van der Waals surface area contributed by atoms with Crippen molar-refractivity contribution >= 4 is 11.8 Å². The largest absolute Gasteiger partial charge is 0.481 e. The number of benzene rings is 2. The molecule has 0 fully saturated rings. The van der Waals surface area contributed by atoms with Crippen LogP contribution >= 0.6 is 0 Å². The number of hydrogen-bond acceptors (Lipinski definition) is 4. The fraction of sp³-hybridized carbons (Fsp3) is 0.321. The number of fused-ring (bicyclic) bond motifs is 1. The van der Waals surface area contributed by atoms with Crippen molar-refractivity contribution in [3.8, 4) is 5.75 Å². The van der Waals surface area contributed by atoms with E-state index in [4.69, 9.17) is 4.74 Å². The van der Waals surface area contributed by atoms with Crippen LogP contribution in [0.15, 0.2) is 66.9 Å². The molecule has 2 heterocycles. The van der Waals surface area contributed by atoms with Gasteiger partial charge in [-0.15, -0.1) is 0 Å². The van der Waals surface area contributed by atoms with E-state index in [0.717, 1.165) is 16.8 Å². The third-order valence-electron chi connectivity index (χ3n) is 6.24. The molecule has 3 aromatic rings. The number of rotatable bonds is 8. The second-order valence-electron chi connectivity index (χ2n) is 8.56. The molecule has 2 amide bonds. The van der Waals surface area contributed by atoms with Crippen LogP contribution in [0.2, 0.25) is 0 Å². The molecule has 182 valence electrons. The number of amides is 2. The average Bonchev–Trinajstić information content (AvgIpc) is 2.89. The number of ether oxygens (including phenoxy) is 1. The normalized spacial score (nSPS) is 15.7. The van der Waals surface area contributed by atoms with E-state index in [-0.39, 0.29) is 17.6 Å². The van der Waals surface area contributed by atoms with Gasteiger partial charge < -0.3 is 15.0 Å². The molecule has 0 saturated heterocycles. The van der Waals surface area contributed by atoms with Gasteiger partial charge in [-0.3, -0.25) is 14.6 Å². The Morgan fingerprint density at radius 1 is 1.14 bits per heavy atom. The van der Waals surface area contributed by atoms with Gasteiger partial charge in [0, 0.05) is 19.2 Å². The van der Waals surface area contributed by atoms with Gasteiger partial charge in [-0.25, -0.2) is 4.39 Å². The monoisotopic (exact) mass is 475 g/mol. The molecule has 1 N–H and O–H groups in total. The van der Waals surface area contributed by atoms with Crippen LogP contribution < -0.4 is 10.1 Å². The van der Waals surface area contributed by atoms with Crippen molar-refractivity contribution in [1.82, 2.24) is 15.2 Å². The average molecular weight is 476 g/mol. The summed E-state index contributed by atoms with van der Waals surface area (Å²) in [5.74, 6) is -0.0192. The smallest absolute Gasteiger partial charge is 0.261 e. The summed E-state index contributed by atoms with van der Waals surface area (Å²) in [5.41, 5.74) is 3.46. The SMILES string of the molecule is CCC(=O)N1CCc2ccc(O[C@H](CC)C(=O)NCc3ccccn3)cc2[C@H]1c1cccc(F)c1.